The molecule has 0 saturated carbocycles. The van der Waals surface area contributed by atoms with Crippen LogP contribution in [-0.4, -0.2) is 23.3 Å². The lowest BCUT2D eigenvalue weighted by molar-refractivity contribution is -0.00553. The number of hydrogen-bond donors (Lipinski definition) is 2. The Hall–Kier alpha value is -0.160. The van der Waals surface area contributed by atoms with Gasteiger partial charge in [-0.25, -0.2) is 16.7 Å². The summed E-state index contributed by atoms with van der Waals surface area (Å²) in [5, 5.41) is 3.09. The van der Waals surface area contributed by atoms with E-state index in [4.69, 9.17) is 11.7 Å². The summed E-state index contributed by atoms with van der Waals surface area (Å²) < 4.78 is 0. The van der Waals surface area contributed by atoms with Crippen molar-refractivity contribution in [2.24, 2.45) is 11.7 Å². The fraction of sp³-hybridized carbons (Fsp3) is 1.00. The van der Waals surface area contributed by atoms with Crippen molar-refractivity contribution < 1.29 is 0 Å². The molecule has 1 fully saturated rings. The summed E-state index contributed by atoms with van der Waals surface area (Å²) in [6.07, 6.45) is 2.43. The van der Waals surface area contributed by atoms with Gasteiger partial charge in [-0.2, -0.15) is 0 Å². The fourth-order valence-corrected chi connectivity index (χ4v) is 0.931. The molecule has 0 bridgehead atoms. The van der Waals surface area contributed by atoms with Gasteiger partial charge >= 0.3 is 0 Å². The third-order valence-corrected chi connectivity index (χ3v) is 1.41. The van der Waals surface area contributed by atoms with E-state index in [1.165, 1.54) is 18.1 Å². The van der Waals surface area contributed by atoms with E-state index in [9.17, 15) is 0 Å². The fourth-order valence-electron chi connectivity index (χ4n) is 0.931. The first-order valence-corrected chi connectivity index (χ1v) is 2.85. The second-order valence-corrected chi connectivity index (χ2v) is 2.04. The monoisotopic (exact) mass is 116 g/mol. The van der Waals surface area contributed by atoms with Gasteiger partial charge < -0.3 is 0 Å². The third kappa shape index (κ3) is 1.16. The van der Waals surface area contributed by atoms with E-state index in [0.29, 0.717) is 0 Å². The largest absolute Gasteiger partial charge is 0.241 e. The first kappa shape index (κ1) is 5.97. The first-order valence-electron chi connectivity index (χ1n) is 2.85. The summed E-state index contributed by atoms with van der Waals surface area (Å²) in [6.45, 7) is 2.01. The quantitative estimate of drug-likeness (QED) is 0.342. The van der Waals surface area contributed by atoms with Crippen molar-refractivity contribution in [1.29, 1.82) is 0 Å². The van der Waals surface area contributed by atoms with E-state index in [0.717, 1.165) is 13.1 Å². The summed E-state index contributed by atoms with van der Waals surface area (Å²) in [5.41, 5.74) is 0. The third-order valence-electron chi connectivity index (χ3n) is 1.41. The molecular formula is C4H12N4. The van der Waals surface area contributed by atoms with Crippen molar-refractivity contribution in [3.05, 3.63) is 0 Å². The van der Waals surface area contributed by atoms with Crippen molar-refractivity contribution in [1.82, 2.24) is 10.2 Å². The highest BCUT2D eigenvalue weighted by atomic mass is 15.9. The van der Waals surface area contributed by atoms with Crippen LogP contribution in [0.3, 0.4) is 0 Å². The Kier molecular flexibility index (Phi) is 1.80. The molecule has 0 atom stereocenters. The maximum Gasteiger partial charge on any atom is 0.0160 e. The van der Waals surface area contributed by atoms with Gasteiger partial charge in [0, 0.05) is 13.1 Å². The number of hydrogen-bond acceptors (Lipinski definition) is 4. The zero-order chi connectivity index (χ0) is 5.98. The molecule has 0 unspecified atom stereocenters. The highest BCUT2D eigenvalue weighted by molar-refractivity contribution is 4.59. The van der Waals surface area contributed by atoms with E-state index < -0.39 is 0 Å². The highest BCUT2D eigenvalue weighted by Crippen LogP contribution is 2.04. The second kappa shape index (κ2) is 2.41. The Balaban J connectivity index is 2.24. The number of hydrazine groups is 3. The van der Waals surface area contributed by atoms with Crippen molar-refractivity contribution in [3.63, 3.8) is 0 Å². The molecule has 1 saturated heterocycles. The molecule has 1 aliphatic rings. The van der Waals surface area contributed by atoms with Crippen LogP contribution in [0.15, 0.2) is 0 Å². The Bertz CT molecular complexity index is 66.4. The zero-order valence-electron chi connectivity index (χ0n) is 4.88. The second-order valence-electron chi connectivity index (χ2n) is 2.04. The Morgan fingerprint density at radius 3 is 1.88 bits per heavy atom. The minimum atomic E-state index is 1.01. The molecule has 0 aromatic carbocycles. The maximum atomic E-state index is 5.23. The van der Waals surface area contributed by atoms with Crippen LogP contribution >= 0.6 is 0 Å². The van der Waals surface area contributed by atoms with Crippen molar-refractivity contribution in [3.8, 4) is 0 Å². The molecule has 4 nitrogen and oxygen atoms in total. The molecule has 1 heterocycles. The number of nitrogens with two attached hydrogens (primary N) is 2. The van der Waals surface area contributed by atoms with Gasteiger partial charge in [-0.3, -0.25) is 0 Å². The standard InChI is InChI=1S/C4H12N4/c5-8(6)7-3-1-2-4-7/h1-6H2. The molecule has 4 heteroatoms. The smallest absolute Gasteiger partial charge is 0.0160 e. The normalized spacial score (nSPS) is 22.9. The van der Waals surface area contributed by atoms with Crippen LogP contribution in [0.4, 0.5) is 0 Å². The molecule has 0 amide bonds. The Labute approximate surface area is 48.9 Å². The molecule has 1 aliphatic heterocycles. The molecule has 48 valence electrons. The Morgan fingerprint density at radius 1 is 1.12 bits per heavy atom. The van der Waals surface area contributed by atoms with Crippen LogP contribution in [0.5, 0.6) is 0 Å². The lowest BCUT2D eigenvalue weighted by Gasteiger charge is -2.20. The zero-order valence-corrected chi connectivity index (χ0v) is 4.88. The molecule has 0 aromatic rings. The van der Waals surface area contributed by atoms with Crippen molar-refractivity contribution in [2.75, 3.05) is 13.1 Å². The van der Waals surface area contributed by atoms with Crippen LogP contribution in [0, 0.1) is 0 Å². The Morgan fingerprint density at radius 2 is 1.62 bits per heavy atom. The van der Waals surface area contributed by atoms with Crippen LogP contribution in [0.25, 0.3) is 0 Å². The average molecular weight is 116 g/mol. The molecule has 0 radical (unpaired) electrons. The van der Waals surface area contributed by atoms with E-state index in [1.54, 1.807) is 0 Å². The first-order chi connectivity index (χ1) is 3.80. The summed E-state index contributed by atoms with van der Waals surface area (Å²) in [5.74, 6) is 10.5. The summed E-state index contributed by atoms with van der Waals surface area (Å²) in [6, 6.07) is 0. The van der Waals surface area contributed by atoms with Gasteiger partial charge in [0.25, 0.3) is 0 Å². The van der Waals surface area contributed by atoms with E-state index in [2.05, 4.69) is 0 Å². The van der Waals surface area contributed by atoms with E-state index in [1.807, 2.05) is 5.01 Å². The van der Waals surface area contributed by atoms with Gasteiger partial charge in [-0.05, 0) is 12.8 Å². The minimum Gasteiger partial charge on any atom is -0.241 e. The highest BCUT2D eigenvalue weighted by Gasteiger charge is 2.12. The van der Waals surface area contributed by atoms with Crippen LogP contribution < -0.4 is 11.7 Å². The van der Waals surface area contributed by atoms with E-state index in [-0.39, 0.29) is 0 Å². The summed E-state index contributed by atoms with van der Waals surface area (Å²) in [4.78, 5) is 0. The summed E-state index contributed by atoms with van der Waals surface area (Å²) >= 11 is 0. The van der Waals surface area contributed by atoms with Gasteiger partial charge in [0.05, 0.1) is 0 Å². The van der Waals surface area contributed by atoms with Gasteiger partial charge in [-0.1, -0.05) is 0 Å². The van der Waals surface area contributed by atoms with Gasteiger partial charge in [0.2, 0.25) is 0 Å². The molecule has 0 aromatic heterocycles. The predicted molar refractivity (Wildman–Crippen MR) is 31.0 cm³/mol. The van der Waals surface area contributed by atoms with Crippen LogP contribution in [0.2, 0.25) is 0 Å². The lowest BCUT2D eigenvalue weighted by atomic mass is 10.4. The van der Waals surface area contributed by atoms with Gasteiger partial charge in [0.15, 0.2) is 0 Å². The molecule has 4 N–H and O–H groups in total. The minimum absolute atomic E-state index is 1.01. The molecule has 8 heavy (non-hydrogen) atoms. The lowest BCUT2D eigenvalue weighted by Crippen LogP contribution is -2.50. The topological polar surface area (TPSA) is 58.5 Å². The number of nitrogens with zero attached hydrogens (tertiary/aromatic N) is 2. The SMILES string of the molecule is NN(N)N1CCCC1. The summed E-state index contributed by atoms with van der Waals surface area (Å²) in [7, 11) is 0. The van der Waals surface area contributed by atoms with Gasteiger partial charge in [-0.15, -0.1) is 5.23 Å². The van der Waals surface area contributed by atoms with Crippen LogP contribution in [0.1, 0.15) is 12.8 Å². The maximum absolute atomic E-state index is 5.23. The molecular weight excluding hydrogens is 104 g/mol. The van der Waals surface area contributed by atoms with Gasteiger partial charge in [0.1, 0.15) is 0 Å². The molecule has 1 rings (SSSR count). The molecule has 0 aliphatic carbocycles. The molecule has 0 spiro atoms. The predicted octanol–water partition coefficient (Wildman–Crippen LogP) is -0.953. The number of rotatable bonds is 1. The van der Waals surface area contributed by atoms with Crippen molar-refractivity contribution >= 4 is 0 Å². The van der Waals surface area contributed by atoms with Crippen molar-refractivity contribution in [2.45, 2.75) is 12.8 Å². The van der Waals surface area contributed by atoms with Crippen LogP contribution in [-0.2, 0) is 0 Å². The average Bonchev–Trinajstić information content (AvgIpc) is 2.12. The van der Waals surface area contributed by atoms with E-state index >= 15 is 0 Å².